The first-order valence-electron chi connectivity index (χ1n) is 8.31. The molecule has 2 N–H and O–H groups in total. The molecule has 0 fully saturated rings. The van der Waals surface area contributed by atoms with Crippen molar-refractivity contribution in [1.82, 2.24) is 20.6 Å². The maximum Gasteiger partial charge on any atom is 0.235 e. The number of nitrogens with zero attached hydrogens (tertiary/aromatic N) is 3. The fourth-order valence-electron chi connectivity index (χ4n) is 2.66. The van der Waals surface area contributed by atoms with E-state index < -0.39 is 5.92 Å². The highest BCUT2D eigenvalue weighted by Crippen LogP contribution is 2.22. The number of hydrogen-bond donors (Lipinski definition) is 2. The summed E-state index contributed by atoms with van der Waals surface area (Å²) in [4.78, 5) is 12.9. The Kier molecular flexibility index (Phi) is 5.26. The van der Waals surface area contributed by atoms with E-state index in [2.05, 4.69) is 25.9 Å². The quantitative estimate of drug-likeness (QED) is 0.712. The molecule has 0 bridgehead atoms. The fourth-order valence-corrected chi connectivity index (χ4v) is 2.66. The van der Waals surface area contributed by atoms with Crippen LogP contribution >= 0.6 is 0 Å². The van der Waals surface area contributed by atoms with E-state index in [9.17, 15) is 4.79 Å². The average molecular weight is 351 g/mol. The van der Waals surface area contributed by atoms with E-state index in [1.807, 2.05) is 56.3 Å². The van der Waals surface area contributed by atoms with Crippen LogP contribution in [0.15, 0.2) is 42.5 Å². The number of aromatic amines is 1. The standard InChI is InChI=1S/C19H21N5O2/c1-12-4-7-15(10-13(12)2)20-19(25)17(18-21-23-24-22-18)11-14-5-8-16(26-3)9-6-14/h4-10,17H,11H2,1-3H3,(H,20,25)(H,21,22,23,24). The van der Waals surface area contributed by atoms with Gasteiger partial charge in [-0.3, -0.25) is 4.79 Å². The molecule has 0 radical (unpaired) electrons. The number of benzene rings is 2. The van der Waals surface area contributed by atoms with Gasteiger partial charge in [0.2, 0.25) is 5.91 Å². The minimum atomic E-state index is -0.552. The molecule has 26 heavy (non-hydrogen) atoms. The highest BCUT2D eigenvalue weighted by Gasteiger charge is 2.25. The van der Waals surface area contributed by atoms with Gasteiger partial charge in [0.15, 0.2) is 5.82 Å². The average Bonchev–Trinajstić information content (AvgIpc) is 3.17. The second-order valence-electron chi connectivity index (χ2n) is 6.16. The first-order chi connectivity index (χ1) is 12.6. The predicted molar refractivity (Wildman–Crippen MR) is 98.2 cm³/mol. The first kappa shape index (κ1) is 17.6. The van der Waals surface area contributed by atoms with Crippen LogP contribution in [0.25, 0.3) is 0 Å². The van der Waals surface area contributed by atoms with E-state index in [0.717, 1.165) is 22.6 Å². The van der Waals surface area contributed by atoms with E-state index in [0.29, 0.717) is 12.2 Å². The number of aromatic nitrogens is 4. The predicted octanol–water partition coefficient (Wildman–Crippen LogP) is 2.79. The second kappa shape index (κ2) is 7.77. The minimum Gasteiger partial charge on any atom is -0.497 e. The van der Waals surface area contributed by atoms with Crippen molar-refractivity contribution >= 4 is 11.6 Å². The monoisotopic (exact) mass is 351 g/mol. The highest BCUT2D eigenvalue weighted by atomic mass is 16.5. The molecule has 134 valence electrons. The molecule has 7 heteroatoms. The molecule has 0 aliphatic heterocycles. The van der Waals surface area contributed by atoms with Crippen molar-refractivity contribution in [3.05, 3.63) is 65.0 Å². The highest BCUT2D eigenvalue weighted by molar-refractivity contribution is 5.95. The molecule has 7 nitrogen and oxygen atoms in total. The molecule has 0 saturated carbocycles. The Labute approximate surface area is 151 Å². The van der Waals surface area contributed by atoms with E-state index in [4.69, 9.17) is 4.74 Å². The molecular weight excluding hydrogens is 330 g/mol. The van der Waals surface area contributed by atoms with Gasteiger partial charge in [0.05, 0.1) is 7.11 Å². The zero-order valence-electron chi connectivity index (χ0n) is 15.0. The number of aryl methyl sites for hydroxylation is 2. The van der Waals surface area contributed by atoms with Crippen LogP contribution in [0, 0.1) is 13.8 Å². The van der Waals surface area contributed by atoms with Crippen LogP contribution in [0.3, 0.4) is 0 Å². The number of anilines is 1. The van der Waals surface area contributed by atoms with E-state index >= 15 is 0 Å². The Morgan fingerprint density at radius 1 is 1.15 bits per heavy atom. The van der Waals surface area contributed by atoms with Crippen LogP contribution in [0.2, 0.25) is 0 Å². The molecule has 0 aliphatic carbocycles. The second-order valence-corrected chi connectivity index (χ2v) is 6.16. The van der Waals surface area contributed by atoms with Crippen molar-refractivity contribution in [2.24, 2.45) is 0 Å². The van der Waals surface area contributed by atoms with Crippen molar-refractivity contribution in [2.45, 2.75) is 26.2 Å². The molecule has 1 unspecified atom stereocenters. The zero-order chi connectivity index (χ0) is 18.5. The maximum atomic E-state index is 12.9. The fraction of sp³-hybridized carbons (Fsp3) is 0.263. The Bertz CT molecular complexity index is 875. The summed E-state index contributed by atoms with van der Waals surface area (Å²) in [7, 11) is 1.62. The molecular formula is C19H21N5O2. The number of carbonyl (C=O) groups excluding carboxylic acids is 1. The number of carbonyl (C=O) groups is 1. The Morgan fingerprint density at radius 2 is 1.92 bits per heavy atom. The number of methoxy groups -OCH3 is 1. The number of H-pyrrole nitrogens is 1. The molecule has 0 saturated heterocycles. The maximum absolute atomic E-state index is 12.9. The van der Waals surface area contributed by atoms with Gasteiger partial charge in [-0.2, -0.15) is 5.21 Å². The third kappa shape index (κ3) is 4.05. The van der Waals surface area contributed by atoms with Crippen molar-refractivity contribution in [3.8, 4) is 5.75 Å². The lowest BCUT2D eigenvalue weighted by atomic mass is 9.97. The van der Waals surface area contributed by atoms with Crippen LogP contribution in [0.4, 0.5) is 5.69 Å². The van der Waals surface area contributed by atoms with Crippen LogP contribution in [0.5, 0.6) is 5.75 Å². The van der Waals surface area contributed by atoms with Crippen molar-refractivity contribution in [2.75, 3.05) is 12.4 Å². The molecule has 0 spiro atoms. The summed E-state index contributed by atoms with van der Waals surface area (Å²) in [5.41, 5.74) is 4.03. The van der Waals surface area contributed by atoms with Crippen LogP contribution in [-0.4, -0.2) is 33.6 Å². The van der Waals surface area contributed by atoms with Gasteiger partial charge < -0.3 is 10.1 Å². The number of tetrazole rings is 1. The number of amides is 1. The molecule has 1 heterocycles. The van der Waals surface area contributed by atoms with Gasteiger partial charge in [0, 0.05) is 5.69 Å². The third-order valence-electron chi connectivity index (χ3n) is 4.36. The van der Waals surface area contributed by atoms with Crippen LogP contribution in [-0.2, 0) is 11.2 Å². The molecule has 3 rings (SSSR count). The number of nitrogens with one attached hydrogen (secondary N) is 2. The van der Waals surface area contributed by atoms with Gasteiger partial charge in [0.25, 0.3) is 0 Å². The summed E-state index contributed by atoms with van der Waals surface area (Å²) in [5, 5.41) is 17.0. The topological polar surface area (TPSA) is 92.8 Å². The summed E-state index contributed by atoms with van der Waals surface area (Å²) < 4.78 is 5.17. The molecule has 2 aromatic carbocycles. The Morgan fingerprint density at radius 3 is 2.54 bits per heavy atom. The summed E-state index contributed by atoms with van der Waals surface area (Å²) >= 11 is 0. The lowest BCUT2D eigenvalue weighted by Gasteiger charge is -2.15. The third-order valence-corrected chi connectivity index (χ3v) is 4.36. The normalized spacial score (nSPS) is 11.8. The van der Waals surface area contributed by atoms with Crippen molar-refractivity contribution in [3.63, 3.8) is 0 Å². The largest absolute Gasteiger partial charge is 0.497 e. The van der Waals surface area contributed by atoms with E-state index in [1.165, 1.54) is 5.56 Å². The van der Waals surface area contributed by atoms with Gasteiger partial charge in [-0.1, -0.05) is 23.4 Å². The van der Waals surface area contributed by atoms with Crippen LogP contribution in [0.1, 0.15) is 28.4 Å². The molecule has 0 aliphatic rings. The van der Waals surface area contributed by atoms with Gasteiger partial charge in [-0.25, -0.2) is 0 Å². The van der Waals surface area contributed by atoms with E-state index in [-0.39, 0.29) is 5.91 Å². The molecule has 3 aromatic rings. The lowest BCUT2D eigenvalue weighted by Crippen LogP contribution is -2.24. The summed E-state index contributed by atoms with van der Waals surface area (Å²) in [6.45, 7) is 4.05. The van der Waals surface area contributed by atoms with E-state index in [1.54, 1.807) is 7.11 Å². The number of ether oxygens (including phenoxy) is 1. The molecule has 1 amide bonds. The van der Waals surface area contributed by atoms with Crippen molar-refractivity contribution < 1.29 is 9.53 Å². The Balaban J connectivity index is 1.81. The molecule has 1 aromatic heterocycles. The van der Waals surface area contributed by atoms with Gasteiger partial charge >= 0.3 is 0 Å². The smallest absolute Gasteiger partial charge is 0.235 e. The van der Waals surface area contributed by atoms with Crippen LogP contribution < -0.4 is 10.1 Å². The number of rotatable bonds is 6. The minimum absolute atomic E-state index is 0.175. The zero-order valence-corrected chi connectivity index (χ0v) is 15.0. The summed E-state index contributed by atoms with van der Waals surface area (Å²) in [5.74, 6) is 0.404. The summed E-state index contributed by atoms with van der Waals surface area (Å²) in [6, 6.07) is 13.4. The van der Waals surface area contributed by atoms with Gasteiger partial charge in [-0.15, -0.1) is 10.2 Å². The lowest BCUT2D eigenvalue weighted by molar-refractivity contribution is -0.117. The summed E-state index contributed by atoms with van der Waals surface area (Å²) in [6.07, 6.45) is 0.459. The Hall–Kier alpha value is -3.22. The SMILES string of the molecule is COc1ccc(CC(C(=O)Nc2ccc(C)c(C)c2)c2nn[nH]n2)cc1. The number of hydrogen-bond acceptors (Lipinski definition) is 5. The van der Waals surface area contributed by atoms with Crippen molar-refractivity contribution in [1.29, 1.82) is 0 Å². The van der Waals surface area contributed by atoms with Gasteiger partial charge in [0.1, 0.15) is 11.7 Å². The molecule has 1 atom stereocenters. The van der Waals surface area contributed by atoms with Gasteiger partial charge in [-0.05, 0) is 61.2 Å². The first-order valence-corrected chi connectivity index (χ1v) is 8.31.